The van der Waals surface area contributed by atoms with Gasteiger partial charge in [0.2, 0.25) is 0 Å². The van der Waals surface area contributed by atoms with E-state index in [1.165, 1.54) is 57.8 Å². The first-order valence-corrected chi connectivity index (χ1v) is 7.19. The summed E-state index contributed by atoms with van der Waals surface area (Å²) in [4.78, 5) is 0. The zero-order valence-electron chi connectivity index (χ0n) is 11.6. The van der Waals surface area contributed by atoms with E-state index in [1.807, 2.05) is 0 Å². The van der Waals surface area contributed by atoms with E-state index in [0.717, 1.165) is 6.61 Å². The second-order valence-electron chi connectivity index (χ2n) is 6.50. The van der Waals surface area contributed by atoms with E-state index in [2.05, 4.69) is 20.8 Å². The second kappa shape index (κ2) is 7.32. The van der Waals surface area contributed by atoms with Gasteiger partial charge in [-0.3, -0.25) is 0 Å². The van der Waals surface area contributed by atoms with E-state index in [-0.39, 0.29) is 0 Å². The molecule has 0 radical (unpaired) electrons. The van der Waals surface area contributed by atoms with Crippen molar-refractivity contribution < 1.29 is 4.74 Å². The van der Waals surface area contributed by atoms with Crippen LogP contribution in [0.25, 0.3) is 0 Å². The van der Waals surface area contributed by atoms with Gasteiger partial charge in [-0.05, 0) is 31.1 Å². The van der Waals surface area contributed by atoms with Crippen molar-refractivity contribution in [2.45, 2.75) is 84.7 Å². The fourth-order valence-electron chi connectivity index (χ4n) is 2.42. The molecule has 0 N–H and O–H groups in total. The molecule has 16 heavy (non-hydrogen) atoms. The summed E-state index contributed by atoms with van der Waals surface area (Å²) in [6.45, 7) is 7.97. The van der Waals surface area contributed by atoms with Gasteiger partial charge in [0, 0.05) is 6.61 Å². The molecule has 0 aromatic heterocycles. The highest BCUT2D eigenvalue weighted by Gasteiger charge is 2.13. The van der Waals surface area contributed by atoms with Gasteiger partial charge in [0.05, 0.1) is 6.10 Å². The molecule has 0 aromatic carbocycles. The molecule has 1 nitrogen and oxygen atoms in total. The highest BCUT2D eigenvalue weighted by Crippen LogP contribution is 2.23. The van der Waals surface area contributed by atoms with Gasteiger partial charge in [-0.1, -0.05) is 52.9 Å². The molecule has 1 rings (SSSR count). The molecule has 1 aliphatic rings. The summed E-state index contributed by atoms with van der Waals surface area (Å²) in [6, 6.07) is 0. The lowest BCUT2D eigenvalue weighted by Crippen LogP contribution is -2.17. The molecule has 0 aromatic rings. The minimum absolute atomic E-state index is 0.504. The van der Waals surface area contributed by atoms with Gasteiger partial charge < -0.3 is 4.74 Å². The summed E-state index contributed by atoms with van der Waals surface area (Å²) < 4.78 is 5.92. The van der Waals surface area contributed by atoms with Gasteiger partial charge in [-0.2, -0.15) is 0 Å². The Kier molecular flexibility index (Phi) is 6.41. The first-order valence-electron chi connectivity index (χ1n) is 7.19. The van der Waals surface area contributed by atoms with Crippen molar-refractivity contribution in [1.29, 1.82) is 0 Å². The molecule has 0 saturated heterocycles. The molecule has 0 bridgehead atoms. The molecule has 0 atom stereocenters. The number of hydrogen-bond acceptors (Lipinski definition) is 1. The van der Waals surface area contributed by atoms with Crippen molar-refractivity contribution in [3.8, 4) is 0 Å². The summed E-state index contributed by atoms with van der Waals surface area (Å²) in [5.74, 6) is 0. The number of unbranched alkanes of at least 4 members (excludes halogenated alkanes) is 2. The van der Waals surface area contributed by atoms with Gasteiger partial charge in [0.15, 0.2) is 0 Å². The third-order valence-electron chi connectivity index (χ3n) is 3.48. The van der Waals surface area contributed by atoms with Gasteiger partial charge in [-0.15, -0.1) is 0 Å². The number of hydrogen-bond donors (Lipinski definition) is 0. The molecule has 1 aliphatic carbocycles. The molecule has 0 spiro atoms. The van der Waals surface area contributed by atoms with Gasteiger partial charge in [-0.25, -0.2) is 0 Å². The fourth-order valence-corrected chi connectivity index (χ4v) is 2.42. The number of rotatable bonds is 6. The third-order valence-corrected chi connectivity index (χ3v) is 3.48. The lowest BCUT2D eigenvalue weighted by atomic mass is 9.89. The minimum atomic E-state index is 0.504. The Morgan fingerprint density at radius 1 is 0.938 bits per heavy atom. The molecule has 1 saturated carbocycles. The van der Waals surface area contributed by atoms with Crippen LogP contribution in [0.1, 0.15) is 78.6 Å². The topological polar surface area (TPSA) is 9.23 Å². The van der Waals surface area contributed by atoms with E-state index < -0.39 is 0 Å². The minimum Gasteiger partial charge on any atom is -0.378 e. The zero-order valence-corrected chi connectivity index (χ0v) is 11.6. The van der Waals surface area contributed by atoms with Crippen LogP contribution in [0.3, 0.4) is 0 Å². The van der Waals surface area contributed by atoms with Crippen LogP contribution in [-0.2, 0) is 4.74 Å². The number of ether oxygens (including phenoxy) is 1. The maximum Gasteiger partial charge on any atom is 0.0575 e. The largest absolute Gasteiger partial charge is 0.378 e. The van der Waals surface area contributed by atoms with E-state index in [1.54, 1.807) is 0 Å². The lowest BCUT2D eigenvalue weighted by molar-refractivity contribution is 0.0261. The Hall–Kier alpha value is -0.0400. The molecule has 96 valence electrons. The fraction of sp³-hybridized carbons (Fsp3) is 1.00. The molecule has 0 unspecified atom stereocenters. The van der Waals surface area contributed by atoms with Crippen LogP contribution in [0.4, 0.5) is 0 Å². The predicted molar refractivity (Wildman–Crippen MR) is 70.7 cm³/mol. The zero-order chi connectivity index (χ0) is 11.9. The van der Waals surface area contributed by atoms with E-state index in [9.17, 15) is 0 Å². The lowest BCUT2D eigenvalue weighted by Gasteiger charge is -2.22. The molecule has 1 fully saturated rings. The SMILES string of the molecule is CC(C)(C)CCCCCOC1CCCCC1. The average molecular weight is 226 g/mol. The Bertz CT molecular complexity index is 163. The molecular weight excluding hydrogens is 196 g/mol. The van der Waals surface area contributed by atoms with E-state index in [4.69, 9.17) is 4.74 Å². The summed E-state index contributed by atoms with van der Waals surface area (Å²) in [5.41, 5.74) is 0.504. The van der Waals surface area contributed by atoms with Gasteiger partial charge in [0.1, 0.15) is 0 Å². The van der Waals surface area contributed by atoms with Crippen molar-refractivity contribution in [3.05, 3.63) is 0 Å². The Balaban J connectivity index is 1.87. The Labute approximate surface area is 102 Å². The van der Waals surface area contributed by atoms with Crippen LogP contribution in [0.5, 0.6) is 0 Å². The standard InChI is InChI=1S/C15H30O/c1-15(2,3)12-8-5-9-13-16-14-10-6-4-7-11-14/h14H,4-13H2,1-3H3. The third kappa shape index (κ3) is 7.27. The van der Waals surface area contributed by atoms with Crippen molar-refractivity contribution in [3.63, 3.8) is 0 Å². The molecule has 0 heterocycles. The Morgan fingerprint density at radius 3 is 2.25 bits per heavy atom. The second-order valence-corrected chi connectivity index (χ2v) is 6.50. The normalized spacial score (nSPS) is 18.9. The highest BCUT2D eigenvalue weighted by atomic mass is 16.5. The van der Waals surface area contributed by atoms with E-state index in [0.29, 0.717) is 11.5 Å². The quantitative estimate of drug-likeness (QED) is 0.583. The first kappa shape index (κ1) is 14.0. The van der Waals surface area contributed by atoms with Crippen LogP contribution in [0.2, 0.25) is 0 Å². The van der Waals surface area contributed by atoms with Crippen molar-refractivity contribution in [1.82, 2.24) is 0 Å². The van der Waals surface area contributed by atoms with Gasteiger partial charge in [0.25, 0.3) is 0 Å². The molecule has 0 amide bonds. The van der Waals surface area contributed by atoms with Crippen LogP contribution in [0.15, 0.2) is 0 Å². The summed E-state index contributed by atoms with van der Waals surface area (Å²) in [6.07, 6.45) is 12.7. The maximum atomic E-state index is 5.92. The van der Waals surface area contributed by atoms with Crippen molar-refractivity contribution in [2.75, 3.05) is 6.61 Å². The summed E-state index contributed by atoms with van der Waals surface area (Å²) in [7, 11) is 0. The van der Waals surface area contributed by atoms with Gasteiger partial charge >= 0.3 is 0 Å². The smallest absolute Gasteiger partial charge is 0.0575 e. The molecular formula is C15H30O. The van der Waals surface area contributed by atoms with Crippen LogP contribution >= 0.6 is 0 Å². The van der Waals surface area contributed by atoms with Crippen LogP contribution in [-0.4, -0.2) is 12.7 Å². The summed E-state index contributed by atoms with van der Waals surface area (Å²) >= 11 is 0. The van der Waals surface area contributed by atoms with E-state index >= 15 is 0 Å². The van der Waals surface area contributed by atoms with Crippen molar-refractivity contribution in [2.24, 2.45) is 5.41 Å². The Morgan fingerprint density at radius 2 is 1.62 bits per heavy atom. The predicted octanol–water partition coefficient (Wildman–Crippen LogP) is 4.94. The summed E-state index contributed by atoms with van der Waals surface area (Å²) in [5, 5.41) is 0. The van der Waals surface area contributed by atoms with Crippen LogP contribution in [0, 0.1) is 5.41 Å². The van der Waals surface area contributed by atoms with Crippen molar-refractivity contribution >= 4 is 0 Å². The average Bonchev–Trinajstić information content (AvgIpc) is 2.23. The highest BCUT2D eigenvalue weighted by molar-refractivity contribution is 4.65. The first-order chi connectivity index (χ1) is 7.58. The molecule has 1 heteroatoms. The van der Waals surface area contributed by atoms with Crippen LogP contribution < -0.4 is 0 Å². The molecule has 0 aliphatic heterocycles. The monoisotopic (exact) mass is 226 g/mol. The maximum absolute atomic E-state index is 5.92.